The van der Waals surface area contributed by atoms with E-state index in [1.165, 1.54) is 11.3 Å². The normalized spacial score (nSPS) is 10.6. The minimum atomic E-state index is -0.0395. The minimum absolute atomic E-state index is 0.0395. The molecule has 0 unspecified atom stereocenters. The van der Waals surface area contributed by atoms with Crippen LogP contribution in [-0.2, 0) is 13.1 Å². The Morgan fingerprint density at radius 3 is 2.55 bits per heavy atom. The molecule has 0 aliphatic rings. The summed E-state index contributed by atoms with van der Waals surface area (Å²) in [7, 11) is 3.21. The molecule has 0 bridgehead atoms. The molecule has 31 heavy (non-hydrogen) atoms. The Morgan fingerprint density at radius 1 is 1.00 bits per heavy atom. The monoisotopic (exact) mass is 434 g/mol. The quantitative estimate of drug-likeness (QED) is 0.378. The van der Waals surface area contributed by atoms with Crippen LogP contribution < -0.4 is 9.47 Å². The molecule has 0 fully saturated rings. The first-order valence-electron chi connectivity index (χ1n) is 9.72. The van der Waals surface area contributed by atoms with E-state index in [2.05, 4.69) is 5.16 Å². The van der Waals surface area contributed by atoms with Gasteiger partial charge in [-0.25, -0.2) is 0 Å². The highest BCUT2D eigenvalue weighted by Crippen LogP contribution is 2.34. The summed E-state index contributed by atoms with van der Waals surface area (Å²) in [5.41, 5.74) is 2.44. The number of hydrogen-bond acceptors (Lipinski definition) is 6. The largest absolute Gasteiger partial charge is 0.497 e. The molecule has 2 aromatic heterocycles. The molecule has 0 aliphatic heterocycles. The van der Waals surface area contributed by atoms with Crippen molar-refractivity contribution in [2.24, 2.45) is 0 Å². The van der Waals surface area contributed by atoms with Crippen LogP contribution >= 0.6 is 11.3 Å². The van der Waals surface area contributed by atoms with Crippen molar-refractivity contribution in [1.29, 1.82) is 0 Å². The van der Waals surface area contributed by atoms with Gasteiger partial charge in [-0.2, -0.15) is 0 Å². The van der Waals surface area contributed by atoms with Gasteiger partial charge in [-0.1, -0.05) is 41.6 Å². The number of aromatic nitrogens is 1. The van der Waals surface area contributed by atoms with Gasteiger partial charge in [0.25, 0.3) is 5.91 Å². The van der Waals surface area contributed by atoms with Crippen LogP contribution in [0.2, 0.25) is 0 Å². The first-order valence-corrected chi connectivity index (χ1v) is 10.6. The molecule has 2 heterocycles. The summed E-state index contributed by atoms with van der Waals surface area (Å²) in [6, 6.07) is 20.9. The molecule has 0 saturated carbocycles. The van der Waals surface area contributed by atoms with E-state index in [-0.39, 0.29) is 5.91 Å². The second kappa shape index (κ2) is 9.49. The third-order valence-electron chi connectivity index (χ3n) is 4.82. The minimum Gasteiger partial charge on any atom is -0.497 e. The number of hydrogen-bond donors (Lipinski definition) is 0. The van der Waals surface area contributed by atoms with Gasteiger partial charge in [-0.3, -0.25) is 4.79 Å². The lowest BCUT2D eigenvalue weighted by Crippen LogP contribution is -2.29. The first-order chi connectivity index (χ1) is 15.2. The summed E-state index contributed by atoms with van der Waals surface area (Å²) in [6.07, 6.45) is 0. The number of carbonyl (C=O) groups excluding carboxylic acids is 1. The lowest BCUT2D eigenvalue weighted by Gasteiger charge is -2.21. The maximum absolute atomic E-state index is 13.1. The van der Waals surface area contributed by atoms with Crippen molar-refractivity contribution in [2.75, 3.05) is 14.2 Å². The highest BCUT2D eigenvalue weighted by atomic mass is 32.1. The fourth-order valence-electron chi connectivity index (χ4n) is 3.27. The van der Waals surface area contributed by atoms with Crippen LogP contribution in [0.4, 0.5) is 0 Å². The van der Waals surface area contributed by atoms with E-state index in [4.69, 9.17) is 14.0 Å². The van der Waals surface area contributed by atoms with E-state index < -0.39 is 0 Å². The van der Waals surface area contributed by atoms with Gasteiger partial charge in [0.15, 0.2) is 5.76 Å². The summed E-state index contributed by atoms with van der Waals surface area (Å²) >= 11 is 1.43. The molecule has 6 nitrogen and oxygen atoms in total. The Kier molecular flexibility index (Phi) is 6.33. The molecule has 4 rings (SSSR count). The zero-order valence-electron chi connectivity index (χ0n) is 17.3. The smallest absolute Gasteiger partial charge is 0.264 e. The molecule has 2 aromatic carbocycles. The summed E-state index contributed by atoms with van der Waals surface area (Å²) in [6.45, 7) is 0.795. The molecular formula is C24H22N2O4S. The molecule has 0 atom stereocenters. The average Bonchev–Trinajstić information content (AvgIpc) is 3.51. The maximum Gasteiger partial charge on any atom is 0.264 e. The Morgan fingerprint density at radius 2 is 1.84 bits per heavy atom. The van der Waals surface area contributed by atoms with Gasteiger partial charge in [-0.05, 0) is 35.2 Å². The van der Waals surface area contributed by atoms with E-state index in [1.807, 2.05) is 72.1 Å². The fraction of sp³-hybridized carbons (Fsp3) is 0.167. The Balaban J connectivity index is 1.61. The van der Waals surface area contributed by atoms with Crippen LogP contribution in [-0.4, -0.2) is 30.2 Å². The van der Waals surface area contributed by atoms with E-state index in [1.54, 1.807) is 19.1 Å². The Hall–Kier alpha value is -3.58. The zero-order chi connectivity index (χ0) is 21.6. The number of carbonyl (C=O) groups is 1. The zero-order valence-corrected chi connectivity index (χ0v) is 18.1. The van der Waals surface area contributed by atoms with E-state index in [9.17, 15) is 4.79 Å². The van der Waals surface area contributed by atoms with Gasteiger partial charge < -0.3 is 18.9 Å². The van der Waals surface area contributed by atoms with Gasteiger partial charge in [0, 0.05) is 12.6 Å². The number of methoxy groups -OCH3 is 2. The van der Waals surface area contributed by atoms with Gasteiger partial charge in [0.2, 0.25) is 0 Å². The predicted octanol–water partition coefficient (Wildman–Crippen LogP) is 5.26. The Labute approximate surface area is 184 Å². The number of ether oxygens (including phenoxy) is 2. The lowest BCUT2D eigenvalue weighted by molar-refractivity contribution is 0.0731. The van der Waals surface area contributed by atoms with Gasteiger partial charge >= 0.3 is 0 Å². The molecule has 158 valence electrons. The van der Waals surface area contributed by atoms with Crippen molar-refractivity contribution in [3.63, 3.8) is 0 Å². The van der Waals surface area contributed by atoms with Crippen molar-refractivity contribution in [2.45, 2.75) is 13.1 Å². The van der Waals surface area contributed by atoms with Gasteiger partial charge in [-0.15, -0.1) is 11.3 Å². The van der Waals surface area contributed by atoms with E-state index in [0.29, 0.717) is 40.9 Å². The first kappa shape index (κ1) is 20.7. The van der Waals surface area contributed by atoms with E-state index in [0.717, 1.165) is 11.1 Å². The summed E-state index contributed by atoms with van der Waals surface area (Å²) in [5.74, 6) is 1.85. The number of rotatable bonds is 8. The van der Waals surface area contributed by atoms with Crippen LogP contribution in [0.5, 0.6) is 11.5 Å². The van der Waals surface area contributed by atoms with E-state index >= 15 is 0 Å². The lowest BCUT2D eigenvalue weighted by atomic mass is 10.1. The standard InChI is InChI=1S/C24H22N2O4S/c1-28-19-10-11-21(29-2)20(14-19)22-13-18(25-30-22)16-26(15-17-7-4-3-5-8-17)24(27)23-9-6-12-31-23/h3-14H,15-16H2,1-2H3. The fourth-order valence-corrected chi connectivity index (χ4v) is 3.97. The van der Waals surface area contributed by atoms with Crippen molar-refractivity contribution in [3.05, 3.63) is 88.2 Å². The molecule has 4 aromatic rings. The molecule has 0 N–H and O–H groups in total. The van der Waals surface area contributed by atoms with Crippen LogP contribution in [0.3, 0.4) is 0 Å². The van der Waals surface area contributed by atoms with Crippen molar-refractivity contribution >= 4 is 17.2 Å². The molecule has 0 radical (unpaired) electrons. The second-order valence-corrected chi connectivity index (χ2v) is 7.82. The van der Waals surface area contributed by atoms with Gasteiger partial charge in [0.05, 0.1) is 31.2 Å². The van der Waals surface area contributed by atoms with Crippen molar-refractivity contribution in [1.82, 2.24) is 10.1 Å². The second-order valence-electron chi connectivity index (χ2n) is 6.87. The third kappa shape index (κ3) is 4.78. The van der Waals surface area contributed by atoms with Gasteiger partial charge in [0.1, 0.15) is 17.2 Å². The summed E-state index contributed by atoms with van der Waals surface area (Å²) in [4.78, 5) is 15.6. The summed E-state index contributed by atoms with van der Waals surface area (Å²) < 4.78 is 16.4. The highest BCUT2D eigenvalue weighted by molar-refractivity contribution is 7.12. The molecule has 0 aliphatic carbocycles. The van der Waals surface area contributed by atoms with Crippen molar-refractivity contribution < 1.29 is 18.8 Å². The number of nitrogens with zero attached hydrogens (tertiary/aromatic N) is 2. The highest BCUT2D eigenvalue weighted by Gasteiger charge is 2.20. The SMILES string of the molecule is COc1ccc(OC)c(-c2cc(CN(Cc3ccccc3)C(=O)c3cccs3)no2)c1. The average molecular weight is 435 g/mol. The molecule has 0 saturated heterocycles. The van der Waals surface area contributed by atoms with Crippen molar-refractivity contribution in [3.8, 4) is 22.8 Å². The summed E-state index contributed by atoms with van der Waals surface area (Å²) in [5, 5.41) is 6.11. The number of benzene rings is 2. The topological polar surface area (TPSA) is 64.8 Å². The van der Waals surface area contributed by atoms with Crippen LogP contribution in [0.1, 0.15) is 20.9 Å². The Bertz CT molecular complexity index is 1140. The van der Waals surface area contributed by atoms with Crippen LogP contribution in [0.25, 0.3) is 11.3 Å². The molecular weight excluding hydrogens is 412 g/mol. The third-order valence-corrected chi connectivity index (χ3v) is 5.68. The molecule has 1 amide bonds. The predicted molar refractivity (Wildman–Crippen MR) is 119 cm³/mol. The number of thiophene rings is 1. The van der Waals surface area contributed by atoms with Crippen LogP contribution in [0.15, 0.2) is 76.6 Å². The molecule has 0 spiro atoms. The number of amides is 1. The van der Waals surface area contributed by atoms with Crippen LogP contribution in [0, 0.1) is 0 Å². The molecule has 7 heteroatoms. The maximum atomic E-state index is 13.1.